The Labute approximate surface area is 116 Å². The standard InChI is InChI=1S/C13H16ClNO2S/c1-18-9-3-4-11(14)10(7-9)12(17)15-13(8-16)5-2-6-13/h3-4,7,16H,2,5-6,8H2,1H3,(H,15,17). The summed E-state index contributed by atoms with van der Waals surface area (Å²) in [5.41, 5.74) is 0.0405. The Morgan fingerprint density at radius 2 is 2.28 bits per heavy atom. The molecule has 0 atom stereocenters. The molecule has 0 aromatic heterocycles. The predicted molar refractivity (Wildman–Crippen MR) is 74.4 cm³/mol. The van der Waals surface area contributed by atoms with E-state index in [4.69, 9.17) is 11.6 Å². The van der Waals surface area contributed by atoms with Crippen molar-refractivity contribution in [1.82, 2.24) is 5.32 Å². The lowest BCUT2D eigenvalue weighted by molar-refractivity contribution is 0.0641. The summed E-state index contributed by atoms with van der Waals surface area (Å²) in [6, 6.07) is 5.40. The van der Waals surface area contributed by atoms with Gasteiger partial charge in [0.15, 0.2) is 0 Å². The van der Waals surface area contributed by atoms with Gasteiger partial charge in [0.05, 0.1) is 22.7 Å². The first kappa shape index (κ1) is 13.7. The quantitative estimate of drug-likeness (QED) is 0.836. The van der Waals surface area contributed by atoms with Crippen molar-refractivity contribution in [2.24, 2.45) is 0 Å². The van der Waals surface area contributed by atoms with Gasteiger partial charge in [-0.1, -0.05) is 11.6 Å². The fraction of sp³-hybridized carbons (Fsp3) is 0.462. The zero-order chi connectivity index (χ0) is 13.2. The average Bonchev–Trinajstić information content (AvgIpc) is 2.34. The Kier molecular flexibility index (Phi) is 4.20. The van der Waals surface area contributed by atoms with Crippen molar-refractivity contribution in [3.05, 3.63) is 28.8 Å². The monoisotopic (exact) mass is 285 g/mol. The second-order valence-corrected chi connectivity index (χ2v) is 5.88. The highest BCUT2D eigenvalue weighted by atomic mass is 35.5. The molecule has 0 spiro atoms. The fourth-order valence-corrected chi connectivity index (χ4v) is 2.68. The van der Waals surface area contributed by atoms with Gasteiger partial charge in [-0.05, 0) is 43.7 Å². The molecule has 98 valence electrons. The highest BCUT2D eigenvalue weighted by Gasteiger charge is 2.38. The maximum absolute atomic E-state index is 12.2. The van der Waals surface area contributed by atoms with Crippen LogP contribution in [0.25, 0.3) is 0 Å². The number of aliphatic hydroxyl groups is 1. The number of hydrogen-bond acceptors (Lipinski definition) is 3. The molecule has 1 fully saturated rings. The molecule has 18 heavy (non-hydrogen) atoms. The summed E-state index contributed by atoms with van der Waals surface area (Å²) in [4.78, 5) is 13.2. The third-order valence-electron chi connectivity index (χ3n) is 3.41. The Morgan fingerprint density at radius 3 is 2.78 bits per heavy atom. The van der Waals surface area contributed by atoms with Crippen molar-refractivity contribution in [3.8, 4) is 0 Å². The lowest BCUT2D eigenvalue weighted by atomic mass is 9.77. The van der Waals surface area contributed by atoms with Crippen LogP contribution in [-0.2, 0) is 0 Å². The highest BCUT2D eigenvalue weighted by molar-refractivity contribution is 7.98. The van der Waals surface area contributed by atoms with Crippen LogP contribution in [0.4, 0.5) is 0 Å². The van der Waals surface area contributed by atoms with Gasteiger partial charge in [0.25, 0.3) is 5.91 Å². The minimum Gasteiger partial charge on any atom is -0.394 e. The predicted octanol–water partition coefficient (Wildman–Crippen LogP) is 2.71. The molecule has 1 aliphatic carbocycles. The molecular weight excluding hydrogens is 270 g/mol. The molecule has 1 aromatic rings. The number of amides is 1. The van der Waals surface area contributed by atoms with Crippen LogP contribution in [0.15, 0.2) is 23.1 Å². The summed E-state index contributed by atoms with van der Waals surface area (Å²) in [7, 11) is 0. The van der Waals surface area contributed by atoms with Gasteiger partial charge in [0.1, 0.15) is 0 Å². The van der Waals surface area contributed by atoms with E-state index in [9.17, 15) is 9.90 Å². The van der Waals surface area contributed by atoms with Gasteiger partial charge >= 0.3 is 0 Å². The van der Waals surface area contributed by atoms with E-state index in [-0.39, 0.29) is 12.5 Å². The lowest BCUT2D eigenvalue weighted by Gasteiger charge is -2.41. The Balaban J connectivity index is 2.18. The first-order valence-corrected chi connectivity index (χ1v) is 7.47. The molecule has 0 aliphatic heterocycles. The van der Waals surface area contributed by atoms with Crippen LogP contribution in [-0.4, -0.2) is 29.4 Å². The Hall–Kier alpha value is -0.710. The third-order valence-corrected chi connectivity index (χ3v) is 4.47. The normalized spacial score (nSPS) is 17.1. The van der Waals surface area contributed by atoms with Crippen LogP contribution >= 0.6 is 23.4 Å². The van der Waals surface area contributed by atoms with Crippen molar-refractivity contribution in [2.75, 3.05) is 12.9 Å². The van der Waals surface area contributed by atoms with E-state index in [2.05, 4.69) is 5.32 Å². The van der Waals surface area contributed by atoms with E-state index in [1.807, 2.05) is 12.3 Å². The second-order valence-electron chi connectivity index (χ2n) is 4.59. The summed E-state index contributed by atoms with van der Waals surface area (Å²) in [6.07, 6.45) is 4.65. The maximum Gasteiger partial charge on any atom is 0.253 e. The lowest BCUT2D eigenvalue weighted by Crippen LogP contribution is -2.56. The summed E-state index contributed by atoms with van der Waals surface area (Å²) >= 11 is 7.61. The number of aliphatic hydroxyl groups excluding tert-OH is 1. The molecule has 0 saturated heterocycles. The smallest absolute Gasteiger partial charge is 0.253 e. The third kappa shape index (κ3) is 2.66. The molecule has 1 aromatic carbocycles. The van der Waals surface area contributed by atoms with Crippen LogP contribution in [0, 0.1) is 0 Å². The molecule has 0 bridgehead atoms. The Bertz CT molecular complexity index is 455. The van der Waals surface area contributed by atoms with Gasteiger partial charge in [0.2, 0.25) is 0 Å². The van der Waals surface area contributed by atoms with Crippen LogP contribution in [0.3, 0.4) is 0 Å². The minimum absolute atomic E-state index is 0.0153. The number of thioether (sulfide) groups is 1. The van der Waals surface area contributed by atoms with Crippen LogP contribution in [0.1, 0.15) is 29.6 Å². The number of benzene rings is 1. The van der Waals surface area contributed by atoms with Gasteiger partial charge in [0, 0.05) is 4.90 Å². The molecule has 1 amide bonds. The molecule has 2 N–H and O–H groups in total. The molecule has 2 rings (SSSR count). The number of carbonyl (C=O) groups is 1. The topological polar surface area (TPSA) is 49.3 Å². The number of rotatable bonds is 4. The molecule has 0 heterocycles. The van der Waals surface area contributed by atoms with Gasteiger partial charge in [-0.2, -0.15) is 0 Å². The zero-order valence-electron chi connectivity index (χ0n) is 10.2. The SMILES string of the molecule is CSc1ccc(Cl)c(C(=O)NC2(CO)CCC2)c1. The molecule has 1 aliphatic rings. The molecule has 1 saturated carbocycles. The Morgan fingerprint density at radius 1 is 1.56 bits per heavy atom. The van der Waals surface area contributed by atoms with E-state index < -0.39 is 5.54 Å². The van der Waals surface area contributed by atoms with Crippen LogP contribution in [0.5, 0.6) is 0 Å². The largest absolute Gasteiger partial charge is 0.394 e. The van der Waals surface area contributed by atoms with Gasteiger partial charge in [-0.25, -0.2) is 0 Å². The first-order valence-electron chi connectivity index (χ1n) is 5.87. The minimum atomic E-state index is -0.435. The summed E-state index contributed by atoms with van der Waals surface area (Å²) in [5.74, 6) is -0.204. The van der Waals surface area contributed by atoms with E-state index >= 15 is 0 Å². The van der Waals surface area contributed by atoms with E-state index in [0.717, 1.165) is 24.2 Å². The molecule has 5 heteroatoms. The fourth-order valence-electron chi connectivity index (χ4n) is 2.04. The van der Waals surface area contributed by atoms with Gasteiger partial charge < -0.3 is 10.4 Å². The van der Waals surface area contributed by atoms with E-state index in [1.54, 1.807) is 23.9 Å². The average molecular weight is 286 g/mol. The number of hydrogen-bond donors (Lipinski definition) is 2. The summed E-state index contributed by atoms with van der Waals surface area (Å²) < 4.78 is 0. The van der Waals surface area contributed by atoms with Crippen molar-refractivity contribution in [1.29, 1.82) is 0 Å². The van der Waals surface area contributed by atoms with Crippen molar-refractivity contribution < 1.29 is 9.90 Å². The van der Waals surface area contributed by atoms with Crippen molar-refractivity contribution in [2.45, 2.75) is 29.7 Å². The maximum atomic E-state index is 12.2. The highest BCUT2D eigenvalue weighted by Crippen LogP contribution is 2.32. The van der Waals surface area contributed by atoms with Crippen molar-refractivity contribution >= 4 is 29.3 Å². The van der Waals surface area contributed by atoms with Gasteiger partial charge in [-0.15, -0.1) is 11.8 Å². The van der Waals surface area contributed by atoms with Gasteiger partial charge in [-0.3, -0.25) is 4.79 Å². The summed E-state index contributed by atoms with van der Waals surface area (Å²) in [6.45, 7) is -0.0153. The second kappa shape index (κ2) is 5.51. The molecular formula is C13H16ClNO2S. The number of halogens is 1. The molecule has 3 nitrogen and oxygen atoms in total. The summed E-state index contributed by atoms with van der Waals surface area (Å²) in [5, 5.41) is 12.7. The van der Waals surface area contributed by atoms with E-state index in [0.29, 0.717) is 10.6 Å². The van der Waals surface area contributed by atoms with Crippen LogP contribution in [0.2, 0.25) is 5.02 Å². The number of carbonyl (C=O) groups excluding carboxylic acids is 1. The first-order chi connectivity index (χ1) is 8.60. The molecule has 0 radical (unpaired) electrons. The van der Waals surface area contributed by atoms with Crippen LogP contribution < -0.4 is 5.32 Å². The number of nitrogens with one attached hydrogen (secondary N) is 1. The zero-order valence-corrected chi connectivity index (χ0v) is 11.8. The van der Waals surface area contributed by atoms with E-state index in [1.165, 1.54) is 0 Å². The van der Waals surface area contributed by atoms with Crippen molar-refractivity contribution in [3.63, 3.8) is 0 Å². The molecule has 0 unspecified atom stereocenters.